The summed E-state index contributed by atoms with van der Waals surface area (Å²) < 4.78 is 46.8. The van der Waals surface area contributed by atoms with E-state index in [0.717, 1.165) is 11.6 Å². The van der Waals surface area contributed by atoms with Crippen molar-refractivity contribution in [2.24, 2.45) is 0 Å². The van der Waals surface area contributed by atoms with E-state index in [0.29, 0.717) is 15.8 Å². The minimum absolute atomic E-state index is 0.0455. The highest BCUT2D eigenvalue weighted by Gasteiger charge is 2.38. The van der Waals surface area contributed by atoms with Crippen molar-refractivity contribution in [2.75, 3.05) is 0 Å². The van der Waals surface area contributed by atoms with Crippen molar-refractivity contribution in [3.8, 4) is 0 Å². The van der Waals surface area contributed by atoms with Gasteiger partial charge in [0.05, 0.1) is 12.1 Å². The first-order valence-electron chi connectivity index (χ1n) is 7.21. The van der Waals surface area contributed by atoms with Crippen molar-refractivity contribution in [3.63, 3.8) is 0 Å². The molecule has 0 aliphatic carbocycles. The quantitative estimate of drug-likeness (QED) is 0.348. The molecule has 0 atom stereocenters. The van der Waals surface area contributed by atoms with Crippen LogP contribution in [-0.4, -0.2) is 17.9 Å². The summed E-state index contributed by atoms with van der Waals surface area (Å²) >= 11 is 1.97. The van der Waals surface area contributed by atoms with E-state index < -0.39 is 20.2 Å². The van der Waals surface area contributed by atoms with Crippen molar-refractivity contribution in [2.45, 2.75) is 51.7 Å². The molecule has 2 rings (SSSR count). The fourth-order valence-corrected chi connectivity index (χ4v) is 3.33. The molecule has 2 heterocycles. The smallest absolute Gasteiger partial charge is 0.412 e. The van der Waals surface area contributed by atoms with Gasteiger partial charge in [0.1, 0.15) is 3.70 Å². The Morgan fingerprint density at radius 3 is 2.35 bits per heavy atom. The summed E-state index contributed by atoms with van der Waals surface area (Å²) in [6.07, 6.45) is -4.45. The monoisotopic (exact) mass is 456 g/mol. The lowest BCUT2D eigenvalue weighted by atomic mass is 10.2. The Morgan fingerprint density at radius 1 is 1.22 bits per heavy atom. The molecule has 0 aliphatic heterocycles. The van der Waals surface area contributed by atoms with Crippen LogP contribution in [0, 0.1) is 3.70 Å². The summed E-state index contributed by atoms with van der Waals surface area (Å²) in [5, 5.41) is 3.72. The van der Waals surface area contributed by atoms with Gasteiger partial charge in [0.25, 0.3) is 0 Å². The molecule has 128 valence electrons. The van der Waals surface area contributed by atoms with Crippen LogP contribution < -0.4 is 0 Å². The zero-order chi connectivity index (χ0) is 17.6. The van der Waals surface area contributed by atoms with E-state index in [9.17, 15) is 13.2 Å². The van der Waals surface area contributed by atoms with Crippen molar-refractivity contribution in [1.29, 1.82) is 0 Å². The minimum Gasteiger partial charge on any atom is -0.412 e. The standard InChI is InChI=1S/C15H20F3IN2OSi/c1-14(2,3)23(4,5)22-9-10-6-7-13(19)21-11(10)8-12(20-21)15(16,17)18/h6-8H,9H2,1-5H3. The van der Waals surface area contributed by atoms with E-state index in [4.69, 9.17) is 4.43 Å². The molecule has 0 spiro atoms. The molecule has 2 aromatic rings. The van der Waals surface area contributed by atoms with Gasteiger partial charge in [-0.2, -0.15) is 18.3 Å². The van der Waals surface area contributed by atoms with Crippen LogP contribution in [0.2, 0.25) is 18.1 Å². The fourth-order valence-electron chi connectivity index (χ4n) is 1.83. The van der Waals surface area contributed by atoms with Gasteiger partial charge in [-0.15, -0.1) is 0 Å². The predicted octanol–water partition coefficient (Wildman–Crippen LogP) is 5.48. The molecule has 0 aromatic carbocycles. The Bertz CT molecular complexity index is 720. The molecule has 0 saturated carbocycles. The average Bonchev–Trinajstić information content (AvgIpc) is 2.82. The second kappa shape index (κ2) is 6.03. The van der Waals surface area contributed by atoms with Crippen molar-refractivity contribution in [1.82, 2.24) is 9.61 Å². The summed E-state index contributed by atoms with van der Waals surface area (Å²) in [7, 11) is -1.97. The third-order valence-electron chi connectivity index (χ3n) is 4.35. The number of hydrogen-bond donors (Lipinski definition) is 0. The van der Waals surface area contributed by atoms with Crippen LogP contribution in [0.1, 0.15) is 32.0 Å². The molecule has 0 amide bonds. The fraction of sp³-hybridized carbons (Fsp3) is 0.533. The largest absolute Gasteiger partial charge is 0.435 e. The molecule has 0 saturated heterocycles. The highest BCUT2D eigenvalue weighted by Crippen LogP contribution is 2.37. The molecule has 0 N–H and O–H groups in total. The van der Waals surface area contributed by atoms with Crippen LogP contribution in [0.15, 0.2) is 18.2 Å². The lowest BCUT2D eigenvalue weighted by Crippen LogP contribution is -2.40. The molecule has 8 heteroatoms. The predicted molar refractivity (Wildman–Crippen MR) is 94.9 cm³/mol. The molecule has 0 radical (unpaired) electrons. The summed E-state index contributed by atoms with van der Waals surface area (Å²) in [5.41, 5.74) is 0.288. The molecule has 3 nitrogen and oxygen atoms in total. The number of hydrogen-bond acceptors (Lipinski definition) is 2. The minimum atomic E-state index is -4.45. The van der Waals surface area contributed by atoms with Crippen LogP contribution in [0.3, 0.4) is 0 Å². The Hall–Kier alpha value is -0.613. The average molecular weight is 456 g/mol. The van der Waals surface area contributed by atoms with Crippen LogP contribution in [0.5, 0.6) is 0 Å². The number of halogens is 4. The van der Waals surface area contributed by atoms with Gasteiger partial charge >= 0.3 is 6.18 Å². The summed E-state index contributed by atoms with van der Waals surface area (Å²) in [6.45, 7) is 10.9. The van der Waals surface area contributed by atoms with Crippen LogP contribution in [0.4, 0.5) is 13.2 Å². The molecule has 0 aliphatic rings. The number of rotatable bonds is 3. The topological polar surface area (TPSA) is 26.5 Å². The zero-order valence-corrected chi connectivity index (χ0v) is 16.9. The second-order valence-corrected chi connectivity index (χ2v) is 13.0. The van der Waals surface area contributed by atoms with Gasteiger partial charge in [-0.05, 0) is 52.9 Å². The maximum Gasteiger partial charge on any atom is 0.435 e. The molecule has 0 fully saturated rings. The number of aromatic nitrogens is 2. The lowest BCUT2D eigenvalue weighted by Gasteiger charge is -2.36. The van der Waals surface area contributed by atoms with Gasteiger partial charge in [0.15, 0.2) is 14.0 Å². The highest BCUT2D eigenvalue weighted by atomic mass is 127. The zero-order valence-electron chi connectivity index (χ0n) is 13.8. The van der Waals surface area contributed by atoms with Crippen molar-refractivity contribution < 1.29 is 17.6 Å². The van der Waals surface area contributed by atoms with Crippen LogP contribution in [0.25, 0.3) is 5.52 Å². The Morgan fingerprint density at radius 2 is 1.83 bits per heavy atom. The van der Waals surface area contributed by atoms with E-state index in [1.807, 2.05) is 28.7 Å². The van der Waals surface area contributed by atoms with Gasteiger partial charge in [-0.1, -0.05) is 26.8 Å². The third kappa shape index (κ3) is 3.90. The van der Waals surface area contributed by atoms with E-state index in [2.05, 4.69) is 39.0 Å². The van der Waals surface area contributed by atoms with E-state index in [1.54, 1.807) is 6.07 Å². The van der Waals surface area contributed by atoms with E-state index in [1.165, 1.54) is 4.52 Å². The second-order valence-electron chi connectivity index (χ2n) is 7.05. The summed E-state index contributed by atoms with van der Waals surface area (Å²) in [5.74, 6) is 0. The van der Waals surface area contributed by atoms with Gasteiger partial charge in [0, 0.05) is 5.56 Å². The Kier molecular flexibility index (Phi) is 4.91. The highest BCUT2D eigenvalue weighted by molar-refractivity contribution is 14.1. The molecule has 0 bridgehead atoms. The lowest BCUT2D eigenvalue weighted by molar-refractivity contribution is -0.141. The molecule has 2 aromatic heterocycles. The maximum absolute atomic E-state index is 12.9. The summed E-state index contributed by atoms with van der Waals surface area (Å²) in [6, 6.07) is 4.66. The molecule has 23 heavy (non-hydrogen) atoms. The van der Waals surface area contributed by atoms with Gasteiger partial charge < -0.3 is 4.43 Å². The molecule has 0 unspecified atom stereocenters. The van der Waals surface area contributed by atoms with Gasteiger partial charge in [-0.3, -0.25) is 0 Å². The molecular weight excluding hydrogens is 436 g/mol. The van der Waals surface area contributed by atoms with Crippen LogP contribution in [-0.2, 0) is 17.2 Å². The summed E-state index contributed by atoms with van der Waals surface area (Å²) in [4.78, 5) is 0. The maximum atomic E-state index is 12.9. The Balaban J connectivity index is 2.39. The number of alkyl halides is 3. The number of pyridine rings is 1. The van der Waals surface area contributed by atoms with Gasteiger partial charge in [-0.25, -0.2) is 4.52 Å². The Labute approximate surface area is 148 Å². The molecular formula is C15H20F3IN2OSi. The van der Waals surface area contributed by atoms with E-state index >= 15 is 0 Å². The SMILES string of the molecule is CC(C)(C)[Si](C)(C)OCc1ccc(I)n2nc(C(F)(F)F)cc12. The van der Waals surface area contributed by atoms with Gasteiger partial charge in [0.2, 0.25) is 0 Å². The van der Waals surface area contributed by atoms with Crippen LogP contribution >= 0.6 is 22.6 Å². The first-order valence-corrected chi connectivity index (χ1v) is 11.2. The van der Waals surface area contributed by atoms with Crippen molar-refractivity contribution in [3.05, 3.63) is 33.2 Å². The first-order chi connectivity index (χ1) is 10.3. The van der Waals surface area contributed by atoms with E-state index in [-0.39, 0.29) is 5.04 Å². The third-order valence-corrected chi connectivity index (χ3v) is 9.64. The normalized spacial score (nSPS) is 13.8. The first kappa shape index (κ1) is 18.7. The number of nitrogens with zero attached hydrogens (tertiary/aromatic N) is 2. The van der Waals surface area contributed by atoms with Crippen molar-refractivity contribution >= 4 is 36.4 Å². The number of fused-ring (bicyclic) bond motifs is 1.